The van der Waals surface area contributed by atoms with E-state index >= 15 is 0 Å². The van der Waals surface area contributed by atoms with Gasteiger partial charge in [0, 0.05) is 28.3 Å². The molecule has 9 aromatic rings. The van der Waals surface area contributed by atoms with Crippen molar-refractivity contribution in [1.29, 1.82) is 0 Å². The predicted molar refractivity (Wildman–Crippen MR) is 215 cm³/mol. The summed E-state index contributed by atoms with van der Waals surface area (Å²) >= 11 is 0. The molecule has 2 aromatic heterocycles. The van der Waals surface area contributed by atoms with Gasteiger partial charge in [0.25, 0.3) is 0 Å². The molecule has 244 valence electrons. The highest BCUT2D eigenvalue weighted by atomic mass is 14.9. The Bertz CT molecular complexity index is 2650. The van der Waals surface area contributed by atoms with Crippen LogP contribution in [0.3, 0.4) is 0 Å². The number of hydrogen-bond acceptors (Lipinski definition) is 3. The lowest BCUT2D eigenvalue weighted by molar-refractivity contribution is 1.18. The van der Waals surface area contributed by atoms with Gasteiger partial charge < -0.3 is 0 Å². The third kappa shape index (κ3) is 6.39. The van der Waals surface area contributed by atoms with Gasteiger partial charge in [-0.3, -0.25) is 4.98 Å². The van der Waals surface area contributed by atoms with Gasteiger partial charge in [0.05, 0.1) is 16.9 Å². The summed E-state index contributed by atoms with van der Waals surface area (Å²) in [6.07, 6.45) is 1.91. The van der Waals surface area contributed by atoms with Crippen LogP contribution in [-0.4, -0.2) is 15.0 Å². The number of para-hydroxylation sites is 1. The molecule has 0 N–H and O–H groups in total. The van der Waals surface area contributed by atoms with Crippen LogP contribution in [0, 0.1) is 0 Å². The molecule has 2 heterocycles. The monoisotopic (exact) mass is 663 g/mol. The summed E-state index contributed by atoms with van der Waals surface area (Å²) in [5, 5.41) is 1.07. The van der Waals surface area contributed by atoms with Gasteiger partial charge >= 0.3 is 0 Å². The molecule has 0 spiro atoms. The summed E-state index contributed by atoms with van der Waals surface area (Å²) in [6, 6.07) is 68.0. The first-order chi connectivity index (χ1) is 25.7. The van der Waals surface area contributed by atoms with Crippen LogP contribution < -0.4 is 0 Å². The smallest absolute Gasteiger partial charge is 0.160 e. The van der Waals surface area contributed by atoms with Crippen molar-refractivity contribution in [3.05, 3.63) is 200 Å². The number of aromatic nitrogens is 3. The number of benzene rings is 7. The van der Waals surface area contributed by atoms with E-state index < -0.39 is 0 Å². The summed E-state index contributed by atoms with van der Waals surface area (Å²) in [4.78, 5) is 15.2. The van der Waals surface area contributed by atoms with Crippen molar-refractivity contribution < 1.29 is 0 Å². The average molecular weight is 664 g/mol. The molecular formula is C49H33N3. The van der Waals surface area contributed by atoms with E-state index in [0.29, 0.717) is 5.82 Å². The van der Waals surface area contributed by atoms with E-state index in [4.69, 9.17) is 15.0 Å². The van der Waals surface area contributed by atoms with Gasteiger partial charge in [0.2, 0.25) is 0 Å². The largest absolute Gasteiger partial charge is 0.256 e. The van der Waals surface area contributed by atoms with E-state index in [0.717, 1.165) is 61.2 Å². The van der Waals surface area contributed by atoms with Crippen LogP contribution >= 0.6 is 0 Å². The van der Waals surface area contributed by atoms with Gasteiger partial charge in [-0.1, -0.05) is 152 Å². The molecule has 3 nitrogen and oxygen atoms in total. The SMILES string of the molecule is c1ccc(-c2ccc(-c3cc(-c4cccc(-c5ccccc5)c4)cc(-c4nc(-c5ccccc5)cc(-c5cnc6ccccc6c5)n4)c3)cc2)cc1. The van der Waals surface area contributed by atoms with E-state index in [1.165, 1.54) is 22.3 Å². The van der Waals surface area contributed by atoms with Crippen molar-refractivity contribution in [2.75, 3.05) is 0 Å². The first-order valence-corrected chi connectivity index (χ1v) is 17.5. The standard InChI is InChI=1S/C49H33N3/c1-4-13-34(14-5-1)36-23-25-37(26-24-36)42-29-43(40-21-12-20-39(27-40)35-15-6-2-7-16-35)31-44(30-42)49-51-47(38-17-8-3-9-18-38)32-48(52-49)45-28-41-19-10-11-22-46(41)50-33-45/h1-33H. The number of pyridine rings is 1. The second kappa shape index (κ2) is 13.7. The minimum Gasteiger partial charge on any atom is -0.256 e. The van der Waals surface area contributed by atoms with E-state index in [9.17, 15) is 0 Å². The molecule has 0 aliphatic rings. The summed E-state index contributed by atoms with van der Waals surface area (Å²) in [6.45, 7) is 0. The maximum absolute atomic E-state index is 5.24. The number of rotatable bonds is 7. The molecule has 0 radical (unpaired) electrons. The Kier molecular flexibility index (Phi) is 8.20. The molecule has 0 aliphatic heterocycles. The average Bonchev–Trinajstić information content (AvgIpc) is 3.24. The molecule has 0 fully saturated rings. The topological polar surface area (TPSA) is 38.7 Å². The molecule has 0 saturated carbocycles. The summed E-state index contributed by atoms with van der Waals surface area (Å²) in [5.74, 6) is 0.660. The number of fused-ring (bicyclic) bond motifs is 1. The molecule has 0 bridgehead atoms. The molecule has 9 rings (SSSR count). The zero-order chi connectivity index (χ0) is 34.7. The van der Waals surface area contributed by atoms with E-state index in [1.807, 2.05) is 42.6 Å². The molecule has 52 heavy (non-hydrogen) atoms. The second-order valence-electron chi connectivity index (χ2n) is 12.9. The third-order valence-electron chi connectivity index (χ3n) is 9.50. The molecular weight excluding hydrogens is 631 g/mol. The summed E-state index contributed by atoms with van der Waals surface area (Å²) in [5.41, 5.74) is 14.7. The predicted octanol–water partition coefficient (Wildman–Crippen LogP) is 12.7. The molecule has 0 unspecified atom stereocenters. The van der Waals surface area contributed by atoms with Crippen molar-refractivity contribution in [2.24, 2.45) is 0 Å². The Morgan fingerprint density at radius 1 is 0.269 bits per heavy atom. The lowest BCUT2D eigenvalue weighted by Crippen LogP contribution is -1.97. The van der Waals surface area contributed by atoms with Crippen LogP contribution in [0.4, 0.5) is 0 Å². The van der Waals surface area contributed by atoms with Gasteiger partial charge in [0.1, 0.15) is 0 Å². The maximum Gasteiger partial charge on any atom is 0.160 e. The minimum absolute atomic E-state index is 0.660. The Balaban J connectivity index is 1.23. The third-order valence-corrected chi connectivity index (χ3v) is 9.50. The number of nitrogens with zero attached hydrogens (tertiary/aromatic N) is 3. The fraction of sp³-hybridized carbons (Fsp3) is 0. The van der Waals surface area contributed by atoms with Crippen LogP contribution in [0.15, 0.2) is 200 Å². The van der Waals surface area contributed by atoms with Gasteiger partial charge in [-0.05, 0) is 87.0 Å². The van der Waals surface area contributed by atoms with Crippen molar-refractivity contribution >= 4 is 10.9 Å². The van der Waals surface area contributed by atoms with Crippen LogP contribution in [0.1, 0.15) is 0 Å². The zero-order valence-electron chi connectivity index (χ0n) is 28.4. The van der Waals surface area contributed by atoms with Crippen LogP contribution in [0.25, 0.3) is 89.3 Å². The minimum atomic E-state index is 0.660. The van der Waals surface area contributed by atoms with E-state index in [1.54, 1.807) is 0 Å². The molecule has 7 aromatic carbocycles. The Labute approximate surface area is 303 Å². The molecule has 0 aliphatic carbocycles. The molecule has 0 saturated heterocycles. The fourth-order valence-electron chi connectivity index (χ4n) is 6.78. The first-order valence-electron chi connectivity index (χ1n) is 17.5. The molecule has 0 amide bonds. The lowest BCUT2D eigenvalue weighted by atomic mass is 9.93. The Morgan fingerprint density at radius 3 is 1.38 bits per heavy atom. The maximum atomic E-state index is 5.24. The van der Waals surface area contributed by atoms with Crippen LogP contribution in [0.5, 0.6) is 0 Å². The Morgan fingerprint density at radius 2 is 0.712 bits per heavy atom. The van der Waals surface area contributed by atoms with Crippen molar-refractivity contribution in [3.8, 4) is 78.4 Å². The van der Waals surface area contributed by atoms with Crippen molar-refractivity contribution in [1.82, 2.24) is 15.0 Å². The van der Waals surface area contributed by atoms with Gasteiger partial charge in [-0.15, -0.1) is 0 Å². The highest BCUT2D eigenvalue weighted by Gasteiger charge is 2.15. The number of hydrogen-bond donors (Lipinski definition) is 0. The van der Waals surface area contributed by atoms with Crippen LogP contribution in [0.2, 0.25) is 0 Å². The summed E-state index contributed by atoms with van der Waals surface area (Å²) in [7, 11) is 0. The van der Waals surface area contributed by atoms with Crippen molar-refractivity contribution in [3.63, 3.8) is 0 Å². The highest BCUT2D eigenvalue weighted by Crippen LogP contribution is 2.36. The second-order valence-corrected chi connectivity index (χ2v) is 12.9. The zero-order valence-corrected chi connectivity index (χ0v) is 28.4. The van der Waals surface area contributed by atoms with E-state index in [-0.39, 0.29) is 0 Å². The van der Waals surface area contributed by atoms with Gasteiger partial charge in [-0.2, -0.15) is 0 Å². The lowest BCUT2D eigenvalue weighted by Gasteiger charge is -2.14. The molecule has 3 heteroatoms. The quantitative estimate of drug-likeness (QED) is 0.170. The summed E-state index contributed by atoms with van der Waals surface area (Å²) < 4.78 is 0. The first kappa shape index (κ1) is 31.0. The highest BCUT2D eigenvalue weighted by molar-refractivity contribution is 5.85. The van der Waals surface area contributed by atoms with E-state index in [2.05, 4.69) is 158 Å². The molecule has 0 atom stereocenters. The fourth-order valence-corrected chi connectivity index (χ4v) is 6.78. The normalized spacial score (nSPS) is 11.1. The van der Waals surface area contributed by atoms with Crippen LogP contribution in [-0.2, 0) is 0 Å². The van der Waals surface area contributed by atoms with Crippen molar-refractivity contribution in [2.45, 2.75) is 0 Å². The van der Waals surface area contributed by atoms with Gasteiger partial charge in [0.15, 0.2) is 5.82 Å². The Hall–Kier alpha value is -6.97. The van der Waals surface area contributed by atoms with Gasteiger partial charge in [-0.25, -0.2) is 9.97 Å².